The van der Waals surface area contributed by atoms with E-state index in [9.17, 15) is 25.5 Å². The van der Waals surface area contributed by atoms with E-state index in [4.69, 9.17) is 4.74 Å². The van der Waals surface area contributed by atoms with Crippen molar-refractivity contribution in [3.8, 4) is 17.6 Å². The van der Waals surface area contributed by atoms with Gasteiger partial charge in [0.1, 0.15) is 17.6 Å². The van der Waals surface area contributed by atoms with E-state index in [1.54, 1.807) is 30.3 Å². The number of fused-ring (bicyclic) bond motifs is 1. The number of ether oxygens (including phenoxy) is 1. The molecule has 0 aliphatic heterocycles. The predicted octanol–water partition coefficient (Wildman–Crippen LogP) is 5.85. The van der Waals surface area contributed by atoms with Gasteiger partial charge in [0.25, 0.3) is 5.69 Å². The van der Waals surface area contributed by atoms with Gasteiger partial charge in [-0.15, -0.1) is 0 Å². The second-order valence-corrected chi connectivity index (χ2v) is 7.51. The number of imidazole rings is 1. The Hall–Kier alpha value is -5.04. The van der Waals surface area contributed by atoms with E-state index in [-0.39, 0.29) is 17.1 Å². The first-order chi connectivity index (χ1) is 16.3. The second kappa shape index (κ2) is 8.84. The number of nitro groups is 2. The average Bonchev–Trinajstić information content (AvgIpc) is 3.21. The Morgan fingerprint density at radius 1 is 1.03 bits per heavy atom. The van der Waals surface area contributed by atoms with Gasteiger partial charge in [0.15, 0.2) is 0 Å². The van der Waals surface area contributed by atoms with Crippen LogP contribution >= 0.6 is 0 Å². The molecule has 10 heteroatoms. The molecule has 1 heterocycles. The van der Waals surface area contributed by atoms with Crippen molar-refractivity contribution >= 4 is 34.1 Å². The maximum atomic E-state index is 11.4. The summed E-state index contributed by atoms with van der Waals surface area (Å²) in [5.74, 6) is 0.443. The lowest BCUT2D eigenvalue weighted by atomic mass is 10.1. The van der Waals surface area contributed by atoms with E-state index < -0.39 is 21.2 Å². The number of nitro benzene ring substituents is 2. The van der Waals surface area contributed by atoms with Gasteiger partial charge in [-0.3, -0.25) is 20.2 Å². The van der Waals surface area contributed by atoms with Crippen LogP contribution in [0.4, 0.5) is 11.4 Å². The van der Waals surface area contributed by atoms with Crippen LogP contribution in [-0.2, 0) is 0 Å². The molecule has 0 spiro atoms. The minimum atomic E-state index is -0.750. The highest BCUT2D eigenvalue weighted by atomic mass is 16.6. The molecule has 3 aromatic carbocycles. The maximum Gasteiger partial charge on any atom is 0.318 e. The molecule has 0 bridgehead atoms. The van der Waals surface area contributed by atoms with Crippen molar-refractivity contribution in [2.45, 2.75) is 13.8 Å². The Morgan fingerprint density at radius 2 is 1.76 bits per heavy atom. The summed E-state index contributed by atoms with van der Waals surface area (Å²) in [6.07, 6.45) is 1.56. The lowest BCUT2D eigenvalue weighted by Gasteiger charge is -2.09. The summed E-state index contributed by atoms with van der Waals surface area (Å²) >= 11 is 0. The number of nitrogens with one attached hydrogen (secondary N) is 1. The Bertz CT molecular complexity index is 1490. The van der Waals surface area contributed by atoms with Crippen molar-refractivity contribution in [1.29, 1.82) is 5.26 Å². The molecule has 4 rings (SSSR count). The molecule has 168 valence electrons. The molecular weight excluding hydrogens is 438 g/mol. The molecule has 34 heavy (non-hydrogen) atoms. The third kappa shape index (κ3) is 4.31. The van der Waals surface area contributed by atoms with Crippen LogP contribution < -0.4 is 4.74 Å². The summed E-state index contributed by atoms with van der Waals surface area (Å²) in [6.45, 7) is 3.97. The molecule has 10 nitrogen and oxygen atoms in total. The molecule has 4 aromatic rings. The minimum absolute atomic E-state index is 0.162. The topological polar surface area (TPSA) is 148 Å². The van der Waals surface area contributed by atoms with Gasteiger partial charge >= 0.3 is 5.69 Å². The Morgan fingerprint density at radius 3 is 2.47 bits per heavy atom. The van der Waals surface area contributed by atoms with Gasteiger partial charge < -0.3 is 9.72 Å². The first-order valence-corrected chi connectivity index (χ1v) is 10.1. The van der Waals surface area contributed by atoms with Gasteiger partial charge in [0.2, 0.25) is 5.75 Å². The number of aryl methyl sites for hydroxylation is 2. The summed E-state index contributed by atoms with van der Waals surface area (Å²) in [5, 5.41) is 32.2. The molecule has 1 N–H and O–H groups in total. The highest BCUT2D eigenvalue weighted by Crippen LogP contribution is 2.36. The lowest BCUT2D eigenvalue weighted by Crippen LogP contribution is -1.97. The summed E-state index contributed by atoms with van der Waals surface area (Å²) in [7, 11) is 0. The van der Waals surface area contributed by atoms with E-state index in [1.165, 1.54) is 6.07 Å². The molecule has 0 unspecified atom stereocenters. The van der Waals surface area contributed by atoms with Gasteiger partial charge in [-0.25, -0.2) is 4.98 Å². The monoisotopic (exact) mass is 455 g/mol. The molecule has 0 aliphatic rings. The van der Waals surface area contributed by atoms with E-state index in [0.717, 1.165) is 34.3 Å². The third-order valence-electron chi connectivity index (χ3n) is 5.26. The number of non-ortho nitro benzene ring substituents is 1. The number of benzene rings is 3. The van der Waals surface area contributed by atoms with Crippen LogP contribution in [0.1, 0.15) is 22.5 Å². The predicted molar refractivity (Wildman–Crippen MR) is 125 cm³/mol. The molecule has 0 radical (unpaired) electrons. The number of nitrogens with zero attached hydrogens (tertiary/aromatic N) is 4. The fraction of sp³-hybridized carbons (Fsp3) is 0.0833. The zero-order valence-corrected chi connectivity index (χ0v) is 18.1. The number of H-pyrrole nitrogens is 1. The van der Waals surface area contributed by atoms with Crippen LogP contribution in [-0.4, -0.2) is 19.8 Å². The Labute approximate surface area is 193 Å². The minimum Gasteiger partial charge on any atom is -0.449 e. The zero-order chi connectivity index (χ0) is 24.4. The van der Waals surface area contributed by atoms with Crippen molar-refractivity contribution in [3.05, 3.63) is 97.3 Å². The number of aromatic amines is 1. The fourth-order valence-electron chi connectivity index (χ4n) is 3.37. The van der Waals surface area contributed by atoms with Gasteiger partial charge in [-0.1, -0.05) is 18.2 Å². The largest absolute Gasteiger partial charge is 0.449 e. The Balaban J connectivity index is 1.75. The molecular formula is C24H17N5O5. The lowest BCUT2D eigenvalue weighted by molar-refractivity contribution is -0.394. The quantitative estimate of drug-likeness (QED) is 0.218. The SMILES string of the molecule is Cc1cc2nc(/C(C#N)=C/c3ccccc3Oc3ccc([N+](=O)[O-])cc3[N+](=O)[O-])[nH]c2cc1C. The zero-order valence-electron chi connectivity index (χ0n) is 18.1. The summed E-state index contributed by atoms with van der Waals surface area (Å²) in [6, 6.07) is 15.8. The summed E-state index contributed by atoms with van der Waals surface area (Å²) < 4.78 is 5.76. The highest BCUT2D eigenvalue weighted by molar-refractivity contribution is 5.91. The molecule has 0 aliphatic carbocycles. The Kier molecular flexibility index (Phi) is 5.76. The highest BCUT2D eigenvalue weighted by Gasteiger charge is 2.22. The smallest absolute Gasteiger partial charge is 0.318 e. The number of para-hydroxylation sites is 1. The first-order valence-electron chi connectivity index (χ1n) is 10.1. The van der Waals surface area contributed by atoms with Crippen molar-refractivity contribution in [1.82, 2.24) is 9.97 Å². The van der Waals surface area contributed by atoms with E-state index in [1.807, 2.05) is 26.0 Å². The van der Waals surface area contributed by atoms with Gasteiger partial charge in [-0.2, -0.15) is 5.26 Å². The number of hydrogen-bond acceptors (Lipinski definition) is 7. The summed E-state index contributed by atoms with van der Waals surface area (Å²) in [4.78, 5) is 28.6. The number of aromatic nitrogens is 2. The van der Waals surface area contributed by atoms with Gasteiger partial charge in [-0.05, 0) is 55.3 Å². The molecule has 1 aromatic heterocycles. The van der Waals surface area contributed by atoms with Crippen molar-refractivity contribution in [3.63, 3.8) is 0 Å². The van der Waals surface area contributed by atoms with E-state index >= 15 is 0 Å². The maximum absolute atomic E-state index is 11.4. The van der Waals surface area contributed by atoms with Crippen LogP contribution in [0.2, 0.25) is 0 Å². The molecule has 0 amide bonds. The fourth-order valence-corrected chi connectivity index (χ4v) is 3.37. The van der Waals surface area contributed by atoms with E-state index in [2.05, 4.69) is 16.0 Å². The van der Waals surface area contributed by atoms with Crippen molar-refractivity contribution < 1.29 is 14.6 Å². The van der Waals surface area contributed by atoms with Crippen LogP contribution in [0.3, 0.4) is 0 Å². The van der Waals surface area contributed by atoms with Gasteiger partial charge in [0, 0.05) is 11.6 Å². The van der Waals surface area contributed by atoms with Crippen molar-refractivity contribution in [2.75, 3.05) is 0 Å². The molecule has 0 saturated carbocycles. The number of rotatable bonds is 6. The van der Waals surface area contributed by atoms with E-state index in [0.29, 0.717) is 11.4 Å². The average molecular weight is 455 g/mol. The molecule has 0 atom stereocenters. The van der Waals surface area contributed by atoms with Crippen LogP contribution in [0, 0.1) is 45.4 Å². The standard InChI is InChI=1S/C24H17N5O5/c1-14-9-19-20(10-15(14)2)27-24(26-19)17(13-25)11-16-5-3-4-6-22(16)34-23-8-7-18(28(30)31)12-21(23)29(32)33/h3-12H,1-2H3,(H,26,27)/b17-11+. The molecule has 0 saturated heterocycles. The number of nitriles is 1. The van der Waals surface area contributed by atoms with Gasteiger partial charge in [0.05, 0.1) is 32.5 Å². The van der Waals surface area contributed by atoms with Crippen LogP contribution in [0.25, 0.3) is 22.7 Å². The normalized spacial score (nSPS) is 11.3. The number of allylic oxidation sites excluding steroid dienone is 1. The second-order valence-electron chi connectivity index (χ2n) is 7.51. The number of hydrogen-bond donors (Lipinski definition) is 1. The molecule has 0 fully saturated rings. The summed E-state index contributed by atoms with van der Waals surface area (Å²) in [5.41, 5.74) is 3.44. The van der Waals surface area contributed by atoms with Crippen LogP contribution in [0.15, 0.2) is 54.6 Å². The third-order valence-corrected chi connectivity index (χ3v) is 5.26. The van der Waals surface area contributed by atoms with Crippen LogP contribution in [0.5, 0.6) is 11.5 Å². The first kappa shape index (κ1) is 22.2. The van der Waals surface area contributed by atoms with Crippen molar-refractivity contribution in [2.24, 2.45) is 0 Å².